The summed E-state index contributed by atoms with van der Waals surface area (Å²) in [5, 5.41) is 5.50. The Balaban J connectivity index is 1.63. The molecule has 4 rings (SSSR count). The largest absolute Gasteiger partial charge is 0.496 e. The second-order valence-electron chi connectivity index (χ2n) is 7.10. The van der Waals surface area contributed by atoms with E-state index < -0.39 is 12.0 Å². The van der Waals surface area contributed by atoms with Crippen molar-refractivity contribution in [1.29, 1.82) is 0 Å². The van der Waals surface area contributed by atoms with Crippen molar-refractivity contribution in [2.24, 2.45) is 0 Å². The Labute approximate surface area is 194 Å². The first-order valence-corrected chi connectivity index (χ1v) is 11.9. The van der Waals surface area contributed by atoms with Crippen LogP contribution >= 0.6 is 23.1 Å². The highest BCUT2D eigenvalue weighted by Crippen LogP contribution is 2.36. The maximum Gasteiger partial charge on any atom is 0.338 e. The predicted molar refractivity (Wildman–Crippen MR) is 126 cm³/mol. The van der Waals surface area contributed by atoms with E-state index in [2.05, 4.69) is 21.7 Å². The van der Waals surface area contributed by atoms with Gasteiger partial charge in [-0.05, 0) is 43.7 Å². The van der Waals surface area contributed by atoms with Gasteiger partial charge in [-0.25, -0.2) is 14.6 Å². The number of amides is 2. The molecule has 2 N–H and O–H groups in total. The maximum absolute atomic E-state index is 12.6. The van der Waals surface area contributed by atoms with Gasteiger partial charge in [-0.1, -0.05) is 30.0 Å². The third-order valence-corrected chi connectivity index (χ3v) is 7.26. The van der Waals surface area contributed by atoms with Gasteiger partial charge in [0.25, 0.3) is 0 Å². The van der Waals surface area contributed by atoms with Crippen molar-refractivity contribution in [2.75, 3.05) is 13.7 Å². The smallest absolute Gasteiger partial charge is 0.338 e. The van der Waals surface area contributed by atoms with E-state index in [0.29, 0.717) is 17.0 Å². The zero-order chi connectivity index (χ0) is 22.7. The number of allylic oxidation sites excluding steroid dienone is 1. The second kappa shape index (κ2) is 9.62. The van der Waals surface area contributed by atoms with E-state index in [9.17, 15) is 9.59 Å². The van der Waals surface area contributed by atoms with Crippen LogP contribution in [0.4, 0.5) is 4.79 Å². The van der Waals surface area contributed by atoms with Crippen molar-refractivity contribution in [3.05, 3.63) is 64.9 Å². The number of thioether (sulfide) groups is 1. The van der Waals surface area contributed by atoms with Crippen molar-refractivity contribution in [1.82, 2.24) is 15.6 Å². The minimum atomic E-state index is -0.611. The van der Waals surface area contributed by atoms with Gasteiger partial charge < -0.3 is 20.1 Å². The first-order chi connectivity index (χ1) is 15.5. The number of rotatable bonds is 7. The van der Waals surface area contributed by atoms with Gasteiger partial charge in [-0.2, -0.15) is 0 Å². The van der Waals surface area contributed by atoms with Crippen molar-refractivity contribution in [3.63, 3.8) is 0 Å². The first-order valence-electron chi connectivity index (χ1n) is 10.1. The Hall–Kier alpha value is -3.04. The van der Waals surface area contributed by atoms with Crippen molar-refractivity contribution in [3.8, 4) is 5.75 Å². The normalized spacial score (nSPS) is 16.0. The maximum atomic E-state index is 12.6. The van der Waals surface area contributed by atoms with Crippen LogP contribution in [0, 0.1) is 0 Å². The van der Waals surface area contributed by atoms with Crippen LogP contribution in [0.3, 0.4) is 0 Å². The molecule has 2 amide bonds. The Morgan fingerprint density at radius 1 is 1.25 bits per heavy atom. The van der Waals surface area contributed by atoms with Crippen molar-refractivity contribution < 1.29 is 19.1 Å². The number of nitrogens with zero attached hydrogens (tertiary/aromatic N) is 1. The number of hydrogen-bond donors (Lipinski definition) is 2. The molecule has 9 heteroatoms. The molecule has 0 aliphatic carbocycles. The Morgan fingerprint density at radius 3 is 2.81 bits per heavy atom. The van der Waals surface area contributed by atoms with E-state index in [1.807, 2.05) is 36.4 Å². The van der Waals surface area contributed by atoms with E-state index in [0.717, 1.165) is 31.4 Å². The van der Waals surface area contributed by atoms with Crippen LogP contribution in [0.1, 0.15) is 31.0 Å². The molecule has 166 valence electrons. The molecule has 2 heterocycles. The predicted octanol–water partition coefficient (Wildman–Crippen LogP) is 4.79. The lowest BCUT2D eigenvalue weighted by molar-refractivity contribution is -0.139. The fourth-order valence-electron chi connectivity index (χ4n) is 3.57. The third kappa shape index (κ3) is 4.58. The molecule has 1 aromatic heterocycles. The van der Waals surface area contributed by atoms with E-state index >= 15 is 0 Å². The van der Waals surface area contributed by atoms with E-state index in [-0.39, 0.29) is 12.6 Å². The summed E-state index contributed by atoms with van der Waals surface area (Å²) in [5.74, 6) is 0.914. The lowest BCUT2D eigenvalue weighted by Crippen LogP contribution is -2.45. The average Bonchev–Trinajstić information content (AvgIpc) is 3.20. The molecule has 0 saturated heterocycles. The molecule has 7 nitrogen and oxygen atoms in total. The first kappa shape index (κ1) is 22.2. The number of benzene rings is 2. The fraction of sp³-hybridized carbons (Fsp3) is 0.261. The Kier molecular flexibility index (Phi) is 6.66. The summed E-state index contributed by atoms with van der Waals surface area (Å²) < 4.78 is 12.9. The van der Waals surface area contributed by atoms with Gasteiger partial charge in [0.2, 0.25) is 0 Å². The monoisotopic (exact) mass is 469 g/mol. The molecule has 0 fully saturated rings. The van der Waals surface area contributed by atoms with Gasteiger partial charge in [-0.15, -0.1) is 11.3 Å². The SMILES string of the molecule is CCOC(=O)C1=C(C)NC(=O)N[C@H]1c1ccc(OC)c(CSc2nc3ccccc3s2)c1. The van der Waals surface area contributed by atoms with Crippen LogP contribution in [0.15, 0.2) is 58.1 Å². The third-order valence-electron chi connectivity index (χ3n) is 5.03. The average molecular weight is 470 g/mol. The molecular formula is C23H23N3O4S2. The number of ether oxygens (including phenoxy) is 2. The number of methoxy groups -OCH3 is 1. The van der Waals surface area contributed by atoms with Gasteiger partial charge in [0.05, 0.1) is 35.5 Å². The van der Waals surface area contributed by atoms with Crippen LogP contribution in [0.2, 0.25) is 0 Å². The summed E-state index contributed by atoms with van der Waals surface area (Å²) in [6.45, 7) is 3.71. The molecule has 0 unspecified atom stereocenters. The van der Waals surface area contributed by atoms with Gasteiger partial charge >= 0.3 is 12.0 Å². The van der Waals surface area contributed by atoms with Gasteiger partial charge in [0.1, 0.15) is 5.75 Å². The number of esters is 1. The van der Waals surface area contributed by atoms with Crippen molar-refractivity contribution >= 4 is 45.3 Å². The molecule has 1 aliphatic heterocycles. The quantitative estimate of drug-likeness (QED) is 0.382. The van der Waals surface area contributed by atoms with Crippen LogP contribution in [-0.4, -0.2) is 30.7 Å². The summed E-state index contributed by atoms with van der Waals surface area (Å²) in [7, 11) is 1.63. The van der Waals surface area contributed by atoms with Crippen LogP contribution < -0.4 is 15.4 Å². The van der Waals surface area contributed by atoms with Crippen LogP contribution in [-0.2, 0) is 15.3 Å². The second-order valence-corrected chi connectivity index (χ2v) is 9.35. The number of carbonyl (C=O) groups is 2. The number of hydrogen-bond acceptors (Lipinski definition) is 7. The number of fused-ring (bicyclic) bond motifs is 1. The molecule has 0 bridgehead atoms. The molecule has 0 saturated carbocycles. The summed E-state index contributed by atoms with van der Waals surface area (Å²) in [4.78, 5) is 29.4. The van der Waals surface area contributed by atoms with Gasteiger partial charge in [-0.3, -0.25) is 0 Å². The number of para-hydroxylation sites is 1. The van der Waals surface area contributed by atoms with Crippen LogP contribution in [0.5, 0.6) is 5.75 Å². The summed E-state index contributed by atoms with van der Waals surface area (Å²) in [5.41, 5.74) is 3.59. The lowest BCUT2D eigenvalue weighted by atomic mass is 9.94. The standard InChI is InChI=1S/C23H23N3O4S2/c1-4-30-21(27)19-13(2)24-22(28)26-20(19)14-9-10-17(29-3)15(11-14)12-31-23-25-16-7-5-6-8-18(16)32-23/h5-11,20H,4,12H2,1-3H3,(H2,24,26,28)/t20-/m0/s1. The number of urea groups is 1. The fourth-order valence-corrected chi connectivity index (χ4v) is 5.61. The molecule has 0 spiro atoms. The number of carbonyl (C=O) groups excluding carboxylic acids is 2. The van der Waals surface area contributed by atoms with Gasteiger partial charge in [0.15, 0.2) is 4.34 Å². The minimum Gasteiger partial charge on any atom is -0.496 e. The number of thiazole rings is 1. The highest BCUT2D eigenvalue weighted by atomic mass is 32.2. The molecule has 0 radical (unpaired) electrons. The van der Waals surface area contributed by atoms with E-state index in [1.165, 1.54) is 0 Å². The summed E-state index contributed by atoms with van der Waals surface area (Å²) >= 11 is 3.27. The summed E-state index contributed by atoms with van der Waals surface area (Å²) in [6, 6.07) is 12.7. The van der Waals surface area contributed by atoms with E-state index in [4.69, 9.17) is 9.47 Å². The highest BCUT2D eigenvalue weighted by molar-refractivity contribution is 8.00. The van der Waals surface area contributed by atoms with Crippen LogP contribution in [0.25, 0.3) is 10.2 Å². The number of aromatic nitrogens is 1. The van der Waals surface area contributed by atoms with Gasteiger partial charge in [0, 0.05) is 17.0 Å². The topological polar surface area (TPSA) is 89.5 Å². The molecule has 2 aromatic carbocycles. The minimum absolute atomic E-state index is 0.253. The Bertz CT molecular complexity index is 1170. The zero-order valence-electron chi connectivity index (χ0n) is 17.9. The number of nitrogens with one attached hydrogen (secondary N) is 2. The molecule has 32 heavy (non-hydrogen) atoms. The summed E-state index contributed by atoms with van der Waals surface area (Å²) in [6.07, 6.45) is 0. The highest BCUT2D eigenvalue weighted by Gasteiger charge is 2.32. The van der Waals surface area contributed by atoms with E-state index in [1.54, 1.807) is 44.1 Å². The zero-order valence-corrected chi connectivity index (χ0v) is 19.6. The Morgan fingerprint density at radius 2 is 2.06 bits per heavy atom. The lowest BCUT2D eigenvalue weighted by Gasteiger charge is -2.28. The molecule has 3 aromatic rings. The molecule has 1 atom stereocenters. The molecular weight excluding hydrogens is 446 g/mol. The molecule has 1 aliphatic rings. The van der Waals surface area contributed by atoms with Crippen molar-refractivity contribution in [2.45, 2.75) is 30.0 Å².